The molecule has 0 aromatic carbocycles. The molecule has 0 saturated carbocycles. The van der Waals surface area contributed by atoms with Crippen LogP contribution in [0.4, 0.5) is 0 Å². The van der Waals surface area contributed by atoms with Crippen molar-refractivity contribution in [1.29, 1.82) is 0 Å². The molecular formula is C17H30N2O. The van der Waals surface area contributed by atoms with Crippen LogP contribution >= 0.6 is 0 Å². The van der Waals surface area contributed by atoms with Gasteiger partial charge in [-0.05, 0) is 24.5 Å². The minimum atomic E-state index is 0.483. The van der Waals surface area contributed by atoms with Crippen LogP contribution in [0.5, 0.6) is 5.75 Å². The van der Waals surface area contributed by atoms with Gasteiger partial charge in [-0.25, -0.2) is 0 Å². The number of hydrogen-bond donors (Lipinski definition) is 1. The van der Waals surface area contributed by atoms with Crippen molar-refractivity contribution in [3.8, 4) is 5.75 Å². The molecule has 1 unspecified atom stereocenters. The summed E-state index contributed by atoms with van der Waals surface area (Å²) in [6.07, 6.45) is 6.83. The molecule has 114 valence electrons. The minimum Gasteiger partial charge on any atom is -0.492 e. The van der Waals surface area contributed by atoms with Crippen LogP contribution in [-0.2, 0) is 6.54 Å². The van der Waals surface area contributed by atoms with Crippen molar-refractivity contribution in [3.63, 3.8) is 0 Å². The lowest BCUT2D eigenvalue weighted by Gasteiger charge is -2.15. The lowest BCUT2D eigenvalue weighted by Crippen LogP contribution is -2.22. The van der Waals surface area contributed by atoms with E-state index in [4.69, 9.17) is 4.74 Å². The first kappa shape index (κ1) is 17.0. The quantitative estimate of drug-likeness (QED) is 0.697. The number of nitrogens with zero attached hydrogens (tertiary/aromatic N) is 1. The van der Waals surface area contributed by atoms with Crippen molar-refractivity contribution < 1.29 is 4.74 Å². The summed E-state index contributed by atoms with van der Waals surface area (Å²) in [6.45, 7) is 10.4. The molecule has 1 N–H and O–H groups in total. The Morgan fingerprint density at radius 1 is 1.25 bits per heavy atom. The van der Waals surface area contributed by atoms with Crippen LogP contribution in [0.25, 0.3) is 0 Å². The highest BCUT2D eigenvalue weighted by molar-refractivity contribution is 5.19. The maximum atomic E-state index is 5.85. The Balaban J connectivity index is 2.36. The monoisotopic (exact) mass is 278 g/mol. The van der Waals surface area contributed by atoms with Gasteiger partial charge in [-0.1, -0.05) is 47.0 Å². The molecule has 0 fully saturated rings. The van der Waals surface area contributed by atoms with Crippen LogP contribution in [0.15, 0.2) is 18.3 Å². The molecule has 0 aliphatic carbocycles. The van der Waals surface area contributed by atoms with Gasteiger partial charge in [0.1, 0.15) is 5.75 Å². The molecule has 0 aliphatic rings. The van der Waals surface area contributed by atoms with Crippen LogP contribution in [0.2, 0.25) is 0 Å². The third-order valence-corrected chi connectivity index (χ3v) is 3.52. The molecule has 1 rings (SSSR count). The van der Waals surface area contributed by atoms with Crippen LogP contribution in [0, 0.1) is 5.92 Å². The summed E-state index contributed by atoms with van der Waals surface area (Å²) in [4.78, 5) is 4.43. The zero-order valence-corrected chi connectivity index (χ0v) is 13.5. The van der Waals surface area contributed by atoms with E-state index in [1.165, 1.54) is 25.7 Å². The molecule has 1 aromatic rings. The van der Waals surface area contributed by atoms with Gasteiger partial charge in [0.05, 0.1) is 18.5 Å². The van der Waals surface area contributed by atoms with E-state index < -0.39 is 0 Å². The number of pyridine rings is 1. The largest absolute Gasteiger partial charge is 0.492 e. The molecule has 0 radical (unpaired) electrons. The van der Waals surface area contributed by atoms with E-state index >= 15 is 0 Å². The Kier molecular flexibility index (Phi) is 8.28. The van der Waals surface area contributed by atoms with Gasteiger partial charge in [0.2, 0.25) is 0 Å². The molecule has 0 spiro atoms. The van der Waals surface area contributed by atoms with Crippen LogP contribution in [0.3, 0.4) is 0 Å². The molecular weight excluding hydrogens is 248 g/mol. The van der Waals surface area contributed by atoms with E-state index in [2.05, 4.69) is 38.0 Å². The highest BCUT2D eigenvalue weighted by Gasteiger charge is 2.07. The molecule has 0 bridgehead atoms. The van der Waals surface area contributed by atoms with E-state index in [9.17, 15) is 0 Å². The highest BCUT2D eigenvalue weighted by Crippen LogP contribution is 2.16. The summed E-state index contributed by atoms with van der Waals surface area (Å²) in [5.41, 5.74) is 1.06. The maximum absolute atomic E-state index is 5.85. The molecule has 3 nitrogen and oxygen atoms in total. The zero-order valence-electron chi connectivity index (χ0n) is 13.5. The van der Waals surface area contributed by atoms with E-state index in [0.717, 1.165) is 24.6 Å². The summed E-state index contributed by atoms with van der Waals surface area (Å²) in [7, 11) is 0. The summed E-state index contributed by atoms with van der Waals surface area (Å²) in [6, 6.07) is 4.55. The molecule has 0 aliphatic heterocycles. The van der Waals surface area contributed by atoms with Crippen molar-refractivity contribution >= 4 is 0 Å². The molecule has 3 heteroatoms. The number of unbranched alkanes of at least 4 members (excludes halogenated alkanes) is 1. The smallest absolute Gasteiger partial charge is 0.137 e. The average molecular weight is 278 g/mol. The Morgan fingerprint density at radius 2 is 2.05 bits per heavy atom. The fourth-order valence-corrected chi connectivity index (χ4v) is 2.02. The Morgan fingerprint density at radius 3 is 2.60 bits per heavy atom. The number of rotatable bonds is 10. The first-order chi connectivity index (χ1) is 9.65. The van der Waals surface area contributed by atoms with Crippen molar-refractivity contribution in [2.24, 2.45) is 5.92 Å². The fourth-order valence-electron chi connectivity index (χ4n) is 2.02. The molecule has 1 aromatic heterocycles. The van der Waals surface area contributed by atoms with Gasteiger partial charge in [0.25, 0.3) is 0 Å². The minimum absolute atomic E-state index is 0.483. The number of ether oxygens (including phenoxy) is 1. The maximum Gasteiger partial charge on any atom is 0.137 e. The SMILES string of the molecule is CCCCC(CC)COc1ccc(CNC(C)C)nc1. The van der Waals surface area contributed by atoms with E-state index in [1.54, 1.807) is 0 Å². The van der Waals surface area contributed by atoms with E-state index in [1.807, 2.05) is 18.3 Å². The Labute approximate surface area is 124 Å². The van der Waals surface area contributed by atoms with Crippen LogP contribution < -0.4 is 10.1 Å². The van der Waals surface area contributed by atoms with Gasteiger partial charge in [-0.2, -0.15) is 0 Å². The van der Waals surface area contributed by atoms with Crippen molar-refractivity contribution in [1.82, 2.24) is 10.3 Å². The molecule has 0 saturated heterocycles. The first-order valence-corrected chi connectivity index (χ1v) is 7.96. The van der Waals surface area contributed by atoms with Crippen LogP contribution in [-0.4, -0.2) is 17.6 Å². The van der Waals surface area contributed by atoms with Crippen LogP contribution in [0.1, 0.15) is 59.1 Å². The molecule has 20 heavy (non-hydrogen) atoms. The molecule has 1 atom stereocenters. The lowest BCUT2D eigenvalue weighted by molar-refractivity contribution is 0.232. The van der Waals surface area contributed by atoms with Crippen molar-refractivity contribution in [2.75, 3.05) is 6.61 Å². The number of aromatic nitrogens is 1. The predicted molar refractivity (Wildman–Crippen MR) is 85.0 cm³/mol. The van der Waals surface area contributed by atoms with Gasteiger partial charge in [0, 0.05) is 12.6 Å². The van der Waals surface area contributed by atoms with Gasteiger partial charge in [-0.3, -0.25) is 4.98 Å². The third-order valence-electron chi connectivity index (χ3n) is 3.52. The Bertz CT molecular complexity index is 349. The summed E-state index contributed by atoms with van der Waals surface area (Å²) in [5.74, 6) is 1.55. The standard InChI is InChI=1S/C17H30N2O/c1-5-7-8-15(6-2)13-20-17-10-9-16(19-12-17)11-18-14(3)4/h9-10,12,14-15,18H,5-8,11,13H2,1-4H3. The predicted octanol–water partition coefficient (Wildman–Crippen LogP) is 4.17. The second-order valence-corrected chi connectivity index (χ2v) is 5.75. The van der Waals surface area contributed by atoms with Crippen molar-refractivity contribution in [3.05, 3.63) is 24.0 Å². The summed E-state index contributed by atoms with van der Waals surface area (Å²) in [5, 5.41) is 3.36. The Hall–Kier alpha value is -1.09. The van der Waals surface area contributed by atoms with E-state index in [-0.39, 0.29) is 0 Å². The highest BCUT2D eigenvalue weighted by atomic mass is 16.5. The second-order valence-electron chi connectivity index (χ2n) is 5.75. The molecule has 0 amide bonds. The zero-order chi connectivity index (χ0) is 14.8. The van der Waals surface area contributed by atoms with E-state index in [0.29, 0.717) is 12.0 Å². The summed E-state index contributed by atoms with van der Waals surface area (Å²) >= 11 is 0. The lowest BCUT2D eigenvalue weighted by atomic mass is 10.0. The average Bonchev–Trinajstić information content (AvgIpc) is 2.46. The topological polar surface area (TPSA) is 34.1 Å². The first-order valence-electron chi connectivity index (χ1n) is 7.96. The van der Waals surface area contributed by atoms with Gasteiger partial charge in [-0.15, -0.1) is 0 Å². The number of hydrogen-bond acceptors (Lipinski definition) is 3. The number of nitrogens with one attached hydrogen (secondary N) is 1. The van der Waals surface area contributed by atoms with Crippen molar-refractivity contribution in [2.45, 2.75) is 66.0 Å². The summed E-state index contributed by atoms with van der Waals surface area (Å²) < 4.78 is 5.85. The normalized spacial score (nSPS) is 12.7. The third kappa shape index (κ3) is 6.90. The van der Waals surface area contributed by atoms with Gasteiger partial charge >= 0.3 is 0 Å². The van der Waals surface area contributed by atoms with Gasteiger partial charge in [0.15, 0.2) is 0 Å². The molecule has 1 heterocycles. The fraction of sp³-hybridized carbons (Fsp3) is 0.706. The second kappa shape index (κ2) is 9.76. The van der Waals surface area contributed by atoms with Gasteiger partial charge < -0.3 is 10.1 Å².